The highest BCUT2D eigenvalue weighted by Gasteiger charge is 2.17. The van der Waals surface area contributed by atoms with Crippen LogP contribution in [0.5, 0.6) is 5.75 Å². The fourth-order valence-electron chi connectivity index (χ4n) is 2.59. The molecule has 0 bridgehead atoms. The molecule has 20 heavy (non-hydrogen) atoms. The SMILES string of the molecule is CCOc1ccc(N2CCN(CCC(C)C)CC2)cc1. The number of hydrogen-bond donors (Lipinski definition) is 0. The normalized spacial score (nSPS) is 16.7. The molecule has 0 amide bonds. The Kier molecular flexibility index (Phi) is 5.72. The van der Waals surface area contributed by atoms with Gasteiger partial charge in [-0.3, -0.25) is 4.90 Å². The van der Waals surface area contributed by atoms with Crippen LogP contribution in [0, 0.1) is 5.92 Å². The lowest BCUT2D eigenvalue weighted by Gasteiger charge is -2.36. The van der Waals surface area contributed by atoms with E-state index in [-0.39, 0.29) is 0 Å². The summed E-state index contributed by atoms with van der Waals surface area (Å²) in [5.74, 6) is 1.77. The Morgan fingerprint density at radius 3 is 2.25 bits per heavy atom. The van der Waals surface area contributed by atoms with Crippen LogP contribution in [-0.4, -0.2) is 44.2 Å². The molecule has 0 N–H and O–H groups in total. The maximum atomic E-state index is 5.49. The third-order valence-electron chi connectivity index (χ3n) is 3.91. The Morgan fingerprint density at radius 2 is 1.70 bits per heavy atom. The second-order valence-corrected chi connectivity index (χ2v) is 5.94. The molecule has 3 nitrogen and oxygen atoms in total. The zero-order valence-corrected chi connectivity index (χ0v) is 13.1. The fraction of sp³-hybridized carbons (Fsp3) is 0.647. The second kappa shape index (κ2) is 7.53. The van der Waals surface area contributed by atoms with Crippen LogP contribution in [0.15, 0.2) is 24.3 Å². The van der Waals surface area contributed by atoms with Gasteiger partial charge in [-0.25, -0.2) is 0 Å². The van der Waals surface area contributed by atoms with Crippen LogP contribution < -0.4 is 9.64 Å². The van der Waals surface area contributed by atoms with Crippen molar-refractivity contribution in [3.63, 3.8) is 0 Å². The second-order valence-electron chi connectivity index (χ2n) is 5.94. The van der Waals surface area contributed by atoms with Gasteiger partial charge < -0.3 is 9.64 Å². The molecule has 2 rings (SSSR count). The van der Waals surface area contributed by atoms with Crippen molar-refractivity contribution in [3.05, 3.63) is 24.3 Å². The largest absolute Gasteiger partial charge is 0.494 e. The van der Waals surface area contributed by atoms with E-state index in [1.165, 1.54) is 31.7 Å². The summed E-state index contributed by atoms with van der Waals surface area (Å²) in [5, 5.41) is 0. The van der Waals surface area contributed by atoms with Gasteiger partial charge in [0.05, 0.1) is 6.61 Å². The van der Waals surface area contributed by atoms with Crippen LogP contribution in [0.25, 0.3) is 0 Å². The van der Waals surface area contributed by atoms with Gasteiger partial charge in [0.15, 0.2) is 0 Å². The number of nitrogens with zero attached hydrogens (tertiary/aromatic N) is 2. The van der Waals surface area contributed by atoms with Crippen molar-refractivity contribution < 1.29 is 4.74 Å². The van der Waals surface area contributed by atoms with Crippen molar-refractivity contribution in [2.24, 2.45) is 5.92 Å². The van der Waals surface area contributed by atoms with E-state index in [1.807, 2.05) is 6.92 Å². The zero-order valence-electron chi connectivity index (χ0n) is 13.1. The number of piperazine rings is 1. The third kappa shape index (κ3) is 4.41. The lowest BCUT2D eigenvalue weighted by Crippen LogP contribution is -2.46. The minimum absolute atomic E-state index is 0.730. The maximum absolute atomic E-state index is 5.49. The third-order valence-corrected chi connectivity index (χ3v) is 3.91. The van der Waals surface area contributed by atoms with Crippen molar-refractivity contribution in [3.8, 4) is 5.75 Å². The standard InChI is InChI=1S/C17H28N2O/c1-4-20-17-7-5-16(6-8-17)19-13-11-18(12-14-19)10-9-15(2)3/h5-8,15H,4,9-14H2,1-3H3. The predicted molar refractivity (Wildman–Crippen MR) is 85.7 cm³/mol. The molecular weight excluding hydrogens is 248 g/mol. The Labute approximate surface area is 123 Å². The first-order chi connectivity index (χ1) is 9.69. The van der Waals surface area contributed by atoms with E-state index >= 15 is 0 Å². The average Bonchev–Trinajstić information content (AvgIpc) is 2.47. The highest BCUT2D eigenvalue weighted by molar-refractivity contribution is 5.49. The zero-order chi connectivity index (χ0) is 14.4. The summed E-state index contributed by atoms with van der Waals surface area (Å²) in [6.45, 7) is 13.2. The Hall–Kier alpha value is -1.22. The molecular formula is C17H28N2O. The molecule has 1 aromatic rings. The number of benzene rings is 1. The number of rotatable bonds is 6. The monoisotopic (exact) mass is 276 g/mol. The van der Waals surface area contributed by atoms with Crippen LogP contribution in [0.4, 0.5) is 5.69 Å². The summed E-state index contributed by atoms with van der Waals surface area (Å²) >= 11 is 0. The molecule has 0 atom stereocenters. The summed E-state index contributed by atoms with van der Waals surface area (Å²) in [7, 11) is 0. The molecule has 0 radical (unpaired) electrons. The first kappa shape index (κ1) is 15.2. The summed E-state index contributed by atoms with van der Waals surface area (Å²) in [6.07, 6.45) is 1.31. The lowest BCUT2D eigenvalue weighted by atomic mass is 10.1. The highest BCUT2D eigenvalue weighted by atomic mass is 16.5. The van der Waals surface area contributed by atoms with E-state index in [4.69, 9.17) is 4.74 Å². The van der Waals surface area contributed by atoms with Gasteiger partial charge in [0, 0.05) is 31.9 Å². The van der Waals surface area contributed by atoms with E-state index in [2.05, 4.69) is 47.9 Å². The van der Waals surface area contributed by atoms with Gasteiger partial charge in [-0.2, -0.15) is 0 Å². The molecule has 3 heteroatoms. The Morgan fingerprint density at radius 1 is 1.05 bits per heavy atom. The van der Waals surface area contributed by atoms with Crippen LogP contribution >= 0.6 is 0 Å². The molecule has 1 saturated heterocycles. The summed E-state index contributed by atoms with van der Waals surface area (Å²) < 4.78 is 5.49. The predicted octanol–water partition coefficient (Wildman–Crippen LogP) is 3.25. The van der Waals surface area contributed by atoms with Crippen LogP contribution in [0.3, 0.4) is 0 Å². The minimum Gasteiger partial charge on any atom is -0.494 e. The number of anilines is 1. The smallest absolute Gasteiger partial charge is 0.119 e. The first-order valence-corrected chi connectivity index (χ1v) is 7.89. The molecule has 1 aromatic carbocycles. The van der Waals surface area contributed by atoms with Crippen LogP contribution in [0.2, 0.25) is 0 Å². The number of hydrogen-bond acceptors (Lipinski definition) is 3. The minimum atomic E-state index is 0.730. The molecule has 1 heterocycles. The summed E-state index contributed by atoms with van der Waals surface area (Å²) in [4.78, 5) is 5.06. The van der Waals surface area contributed by atoms with E-state index in [9.17, 15) is 0 Å². The molecule has 0 aromatic heterocycles. The van der Waals surface area contributed by atoms with Gasteiger partial charge in [-0.15, -0.1) is 0 Å². The molecule has 0 saturated carbocycles. The molecule has 1 aliphatic heterocycles. The lowest BCUT2D eigenvalue weighted by molar-refractivity contribution is 0.243. The van der Waals surface area contributed by atoms with Crippen molar-refractivity contribution >= 4 is 5.69 Å². The van der Waals surface area contributed by atoms with Crippen LogP contribution in [0.1, 0.15) is 27.2 Å². The van der Waals surface area contributed by atoms with Crippen LogP contribution in [-0.2, 0) is 0 Å². The maximum Gasteiger partial charge on any atom is 0.119 e. The Bertz CT molecular complexity index is 380. The molecule has 0 unspecified atom stereocenters. The van der Waals surface area contributed by atoms with E-state index in [1.54, 1.807) is 0 Å². The fourth-order valence-corrected chi connectivity index (χ4v) is 2.59. The Balaban J connectivity index is 1.81. The van der Waals surface area contributed by atoms with Gasteiger partial charge in [0.2, 0.25) is 0 Å². The average molecular weight is 276 g/mol. The number of ether oxygens (including phenoxy) is 1. The molecule has 112 valence electrons. The quantitative estimate of drug-likeness (QED) is 0.793. The highest BCUT2D eigenvalue weighted by Crippen LogP contribution is 2.21. The van der Waals surface area contributed by atoms with Crippen molar-refractivity contribution in [1.29, 1.82) is 0 Å². The molecule has 1 aliphatic rings. The van der Waals surface area contributed by atoms with Gasteiger partial charge >= 0.3 is 0 Å². The topological polar surface area (TPSA) is 15.7 Å². The van der Waals surface area contributed by atoms with Crippen molar-refractivity contribution in [1.82, 2.24) is 4.90 Å². The van der Waals surface area contributed by atoms with E-state index in [0.717, 1.165) is 31.4 Å². The van der Waals surface area contributed by atoms with E-state index in [0.29, 0.717) is 0 Å². The molecule has 0 aliphatic carbocycles. The van der Waals surface area contributed by atoms with Gasteiger partial charge in [0.25, 0.3) is 0 Å². The molecule has 1 fully saturated rings. The summed E-state index contributed by atoms with van der Waals surface area (Å²) in [5.41, 5.74) is 1.32. The van der Waals surface area contributed by atoms with E-state index < -0.39 is 0 Å². The summed E-state index contributed by atoms with van der Waals surface area (Å²) in [6, 6.07) is 8.50. The van der Waals surface area contributed by atoms with Crippen molar-refractivity contribution in [2.75, 3.05) is 44.2 Å². The molecule has 0 spiro atoms. The van der Waals surface area contributed by atoms with Crippen molar-refractivity contribution in [2.45, 2.75) is 27.2 Å². The van der Waals surface area contributed by atoms with Gasteiger partial charge in [0.1, 0.15) is 5.75 Å². The first-order valence-electron chi connectivity index (χ1n) is 7.89. The van der Waals surface area contributed by atoms with Gasteiger partial charge in [-0.05, 0) is 50.1 Å². The van der Waals surface area contributed by atoms with Gasteiger partial charge in [-0.1, -0.05) is 13.8 Å².